The summed E-state index contributed by atoms with van der Waals surface area (Å²) in [6.45, 7) is 5.66. The molecule has 30 heavy (non-hydrogen) atoms. The van der Waals surface area contributed by atoms with Gasteiger partial charge in [0.15, 0.2) is 5.82 Å². The molecule has 1 aromatic carbocycles. The number of rotatable bonds is 7. The highest BCUT2D eigenvalue weighted by Gasteiger charge is 2.29. The van der Waals surface area contributed by atoms with E-state index in [0.717, 1.165) is 49.6 Å². The second kappa shape index (κ2) is 9.28. The van der Waals surface area contributed by atoms with E-state index in [-0.39, 0.29) is 6.10 Å². The predicted octanol–water partition coefficient (Wildman–Crippen LogP) is 2.14. The Morgan fingerprint density at radius 1 is 1.07 bits per heavy atom. The molecule has 0 amide bonds. The van der Waals surface area contributed by atoms with Crippen molar-refractivity contribution in [3.8, 4) is 0 Å². The number of benzene rings is 1. The molecular formula is C21H29N5O3S. The molecule has 2 fully saturated rings. The maximum atomic E-state index is 12.9. The van der Waals surface area contributed by atoms with Crippen LogP contribution in [-0.4, -0.2) is 68.4 Å². The standard InChI is InChI=1S/C21H29N5O3S/c1-2-17-5-7-19(8-6-17)30(27,28)26-13-11-25(12-14-26)21-10-9-20(23-24-21)22-16-18-4-3-15-29-18/h5-10,18H,2-4,11-16H2,1H3,(H,22,23). The Hall–Kier alpha value is -2.23. The van der Waals surface area contributed by atoms with Gasteiger partial charge in [0.1, 0.15) is 5.82 Å². The van der Waals surface area contributed by atoms with Gasteiger partial charge in [-0.3, -0.25) is 0 Å². The quantitative estimate of drug-likeness (QED) is 0.719. The number of nitrogens with one attached hydrogen (secondary N) is 1. The predicted molar refractivity (Wildman–Crippen MR) is 116 cm³/mol. The van der Waals surface area contributed by atoms with Crippen molar-refractivity contribution >= 4 is 21.7 Å². The number of hydrogen-bond acceptors (Lipinski definition) is 7. The summed E-state index contributed by atoms with van der Waals surface area (Å²) < 4.78 is 33.0. The number of ether oxygens (including phenoxy) is 1. The molecule has 3 heterocycles. The van der Waals surface area contributed by atoms with E-state index in [2.05, 4.69) is 27.3 Å². The number of aromatic nitrogens is 2. The Balaban J connectivity index is 1.32. The number of aryl methyl sites for hydroxylation is 1. The van der Waals surface area contributed by atoms with Crippen LogP contribution in [0.25, 0.3) is 0 Å². The summed E-state index contributed by atoms with van der Waals surface area (Å²) >= 11 is 0. The Bertz CT molecular complexity index is 920. The average molecular weight is 432 g/mol. The Morgan fingerprint density at radius 2 is 1.83 bits per heavy atom. The number of anilines is 2. The third-order valence-electron chi connectivity index (χ3n) is 5.72. The minimum Gasteiger partial charge on any atom is -0.376 e. The Kier molecular flexibility index (Phi) is 6.50. The van der Waals surface area contributed by atoms with Gasteiger partial charge in [-0.1, -0.05) is 19.1 Å². The Morgan fingerprint density at radius 3 is 2.43 bits per heavy atom. The lowest BCUT2D eigenvalue weighted by atomic mass is 10.2. The molecule has 0 aliphatic carbocycles. The van der Waals surface area contributed by atoms with Crippen molar-refractivity contribution in [1.29, 1.82) is 0 Å². The van der Waals surface area contributed by atoms with Crippen LogP contribution in [-0.2, 0) is 21.2 Å². The lowest BCUT2D eigenvalue weighted by Crippen LogP contribution is -2.49. The zero-order valence-electron chi connectivity index (χ0n) is 17.3. The first kappa shape index (κ1) is 21.0. The van der Waals surface area contributed by atoms with E-state index in [1.807, 2.05) is 24.3 Å². The largest absolute Gasteiger partial charge is 0.376 e. The van der Waals surface area contributed by atoms with E-state index in [1.54, 1.807) is 16.4 Å². The lowest BCUT2D eigenvalue weighted by molar-refractivity contribution is 0.120. The summed E-state index contributed by atoms with van der Waals surface area (Å²) in [6, 6.07) is 11.0. The number of sulfonamides is 1. The van der Waals surface area contributed by atoms with Crippen LogP contribution in [0.1, 0.15) is 25.3 Å². The first-order valence-corrected chi connectivity index (χ1v) is 12.0. The summed E-state index contributed by atoms with van der Waals surface area (Å²) in [4.78, 5) is 2.43. The second-order valence-electron chi connectivity index (χ2n) is 7.68. The third-order valence-corrected chi connectivity index (χ3v) is 7.63. The van der Waals surface area contributed by atoms with Crippen molar-refractivity contribution in [1.82, 2.24) is 14.5 Å². The summed E-state index contributed by atoms with van der Waals surface area (Å²) in [6.07, 6.45) is 3.33. The molecule has 0 bridgehead atoms. The first-order valence-electron chi connectivity index (χ1n) is 10.6. The minimum absolute atomic E-state index is 0.250. The molecule has 162 valence electrons. The number of nitrogens with zero attached hydrogens (tertiary/aromatic N) is 4. The molecular weight excluding hydrogens is 402 g/mol. The summed E-state index contributed by atoms with van der Waals surface area (Å²) in [5, 5.41) is 11.8. The summed E-state index contributed by atoms with van der Waals surface area (Å²) in [7, 11) is -3.47. The molecule has 2 aliphatic heterocycles. The van der Waals surface area contributed by atoms with E-state index in [1.165, 1.54) is 0 Å². The van der Waals surface area contributed by atoms with Crippen LogP contribution in [0.3, 0.4) is 0 Å². The van der Waals surface area contributed by atoms with Crippen molar-refractivity contribution in [2.24, 2.45) is 0 Å². The van der Waals surface area contributed by atoms with Gasteiger partial charge < -0.3 is 15.0 Å². The van der Waals surface area contributed by atoms with Gasteiger partial charge in [-0.15, -0.1) is 10.2 Å². The monoisotopic (exact) mass is 431 g/mol. The van der Waals surface area contributed by atoms with Crippen molar-refractivity contribution in [3.05, 3.63) is 42.0 Å². The van der Waals surface area contributed by atoms with Gasteiger partial charge in [0.2, 0.25) is 10.0 Å². The first-order chi connectivity index (χ1) is 14.6. The van der Waals surface area contributed by atoms with Crippen molar-refractivity contribution in [3.63, 3.8) is 0 Å². The summed E-state index contributed by atoms with van der Waals surface area (Å²) in [5.41, 5.74) is 1.13. The van der Waals surface area contributed by atoms with Gasteiger partial charge in [0.05, 0.1) is 11.0 Å². The highest BCUT2D eigenvalue weighted by Crippen LogP contribution is 2.21. The maximum absolute atomic E-state index is 12.9. The van der Waals surface area contributed by atoms with Gasteiger partial charge in [-0.2, -0.15) is 4.31 Å². The van der Waals surface area contributed by atoms with Gasteiger partial charge >= 0.3 is 0 Å². The smallest absolute Gasteiger partial charge is 0.243 e. The molecule has 1 unspecified atom stereocenters. The lowest BCUT2D eigenvalue weighted by Gasteiger charge is -2.34. The fraction of sp³-hybridized carbons (Fsp3) is 0.524. The second-order valence-corrected chi connectivity index (χ2v) is 9.62. The molecule has 0 saturated carbocycles. The highest BCUT2D eigenvalue weighted by molar-refractivity contribution is 7.89. The van der Waals surface area contributed by atoms with E-state index in [9.17, 15) is 8.42 Å². The average Bonchev–Trinajstić information content (AvgIpc) is 3.32. The molecule has 1 aromatic heterocycles. The van der Waals surface area contributed by atoms with Crippen LogP contribution in [0.4, 0.5) is 11.6 Å². The molecule has 0 spiro atoms. The highest BCUT2D eigenvalue weighted by atomic mass is 32.2. The SMILES string of the molecule is CCc1ccc(S(=O)(=O)N2CCN(c3ccc(NCC4CCCO4)nn3)CC2)cc1. The molecule has 2 aliphatic rings. The van der Waals surface area contributed by atoms with Gasteiger partial charge in [0, 0.05) is 39.3 Å². The van der Waals surface area contributed by atoms with Crippen LogP contribution < -0.4 is 10.2 Å². The molecule has 9 heteroatoms. The minimum atomic E-state index is -3.47. The third kappa shape index (κ3) is 4.74. The van der Waals surface area contributed by atoms with E-state index in [4.69, 9.17) is 4.74 Å². The maximum Gasteiger partial charge on any atom is 0.243 e. The molecule has 0 radical (unpaired) electrons. The fourth-order valence-electron chi connectivity index (χ4n) is 3.82. The number of hydrogen-bond donors (Lipinski definition) is 1. The summed E-state index contributed by atoms with van der Waals surface area (Å²) in [5.74, 6) is 1.49. The van der Waals surface area contributed by atoms with E-state index in [0.29, 0.717) is 31.1 Å². The van der Waals surface area contributed by atoms with Crippen molar-refractivity contribution < 1.29 is 13.2 Å². The molecule has 1 atom stereocenters. The molecule has 4 rings (SSSR count). The van der Waals surface area contributed by atoms with Crippen LogP contribution in [0.15, 0.2) is 41.3 Å². The Labute approximate surface area is 178 Å². The molecule has 1 N–H and O–H groups in total. The van der Waals surface area contributed by atoms with Gasteiger partial charge in [-0.25, -0.2) is 8.42 Å². The van der Waals surface area contributed by atoms with Crippen LogP contribution in [0.5, 0.6) is 0 Å². The molecule has 2 aromatic rings. The normalized spacial score (nSPS) is 20.4. The topological polar surface area (TPSA) is 87.7 Å². The van der Waals surface area contributed by atoms with E-state index >= 15 is 0 Å². The van der Waals surface area contributed by atoms with Gasteiger partial charge in [-0.05, 0) is 49.1 Å². The van der Waals surface area contributed by atoms with Crippen molar-refractivity contribution in [2.75, 3.05) is 49.5 Å². The number of piperazine rings is 1. The van der Waals surface area contributed by atoms with Gasteiger partial charge in [0.25, 0.3) is 0 Å². The van der Waals surface area contributed by atoms with E-state index < -0.39 is 10.0 Å². The van der Waals surface area contributed by atoms with Crippen molar-refractivity contribution in [2.45, 2.75) is 37.2 Å². The van der Waals surface area contributed by atoms with Crippen LogP contribution in [0, 0.1) is 0 Å². The zero-order valence-corrected chi connectivity index (χ0v) is 18.1. The molecule has 2 saturated heterocycles. The fourth-order valence-corrected chi connectivity index (χ4v) is 5.24. The van der Waals surface area contributed by atoms with Crippen LogP contribution >= 0.6 is 0 Å². The molecule has 8 nitrogen and oxygen atoms in total. The van der Waals surface area contributed by atoms with Crippen LogP contribution in [0.2, 0.25) is 0 Å². The zero-order chi connectivity index (χ0) is 21.0.